The molecule has 0 atom stereocenters. The van der Waals surface area contributed by atoms with Gasteiger partial charge in [0.2, 0.25) is 0 Å². The Morgan fingerprint density at radius 3 is 2.61 bits per heavy atom. The molecule has 0 aliphatic carbocycles. The molecule has 0 fully saturated rings. The van der Waals surface area contributed by atoms with Crippen LogP contribution in [0.3, 0.4) is 0 Å². The first kappa shape index (κ1) is 13.0. The molecule has 0 aliphatic heterocycles. The second-order valence-electron chi connectivity index (χ2n) is 4.99. The summed E-state index contributed by atoms with van der Waals surface area (Å²) in [4.78, 5) is 0. The summed E-state index contributed by atoms with van der Waals surface area (Å²) < 4.78 is 7.59. The van der Waals surface area contributed by atoms with E-state index in [0.717, 1.165) is 12.3 Å². The summed E-state index contributed by atoms with van der Waals surface area (Å²) in [6, 6.07) is 6.32. The molecule has 2 aromatic rings. The van der Waals surface area contributed by atoms with Crippen molar-refractivity contribution >= 4 is 10.9 Å². The minimum Gasteiger partial charge on any atom is -0.497 e. The van der Waals surface area contributed by atoms with E-state index in [9.17, 15) is 0 Å². The first-order valence-corrected chi connectivity index (χ1v) is 6.40. The third-order valence-corrected chi connectivity index (χ3v) is 3.49. The minimum absolute atomic E-state index is 0.519. The van der Waals surface area contributed by atoms with Crippen LogP contribution < -0.4 is 10.1 Å². The first-order valence-electron chi connectivity index (χ1n) is 6.40. The lowest BCUT2D eigenvalue weighted by Gasteiger charge is -2.09. The van der Waals surface area contributed by atoms with Crippen LogP contribution in [0.5, 0.6) is 5.75 Å². The van der Waals surface area contributed by atoms with E-state index in [4.69, 9.17) is 4.74 Å². The van der Waals surface area contributed by atoms with Crippen LogP contribution in [-0.4, -0.2) is 18.7 Å². The predicted octanol–water partition coefficient (Wildman–Crippen LogP) is 3.03. The molecule has 0 spiro atoms. The molecule has 3 nitrogen and oxygen atoms in total. The second-order valence-corrected chi connectivity index (χ2v) is 4.99. The molecule has 3 heteroatoms. The van der Waals surface area contributed by atoms with E-state index >= 15 is 0 Å². The van der Waals surface area contributed by atoms with E-state index in [-0.39, 0.29) is 0 Å². The van der Waals surface area contributed by atoms with Crippen molar-refractivity contribution in [2.75, 3.05) is 14.2 Å². The Labute approximate surface area is 109 Å². The van der Waals surface area contributed by atoms with Gasteiger partial charge < -0.3 is 14.6 Å². The third kappa shape index (κ3) is 1.99. The van der Waals surface area contributed by atoms with Gasteiger partial charge in [-0.25, -0.2) is 0 Å². The van der Waals surface area contributed by atoms with Crippen LogP contribution in [0.4, 0.5) is 0 Å². The van der Waals surface area contributed by atoms with Gasteiger partial charge in [0, 0.05) is 30.7 Å². The molecule has 0 aliphatic rings. The number of aryl methyl sites for hydroxylation is 1. The molecule has 0 amide bonds. The zero-order valence-corrected chi connectivity index (χ0v) is 11.9. The average molecular weight is 246 g/mol. The van der Waals surface area contributed by atoms with Crippen LogP contribution in [0, 0.1) is 0 Å². The smallest absolute Gasteiger partial charge is 0.120 e. The Balaban J connectivity index is 2.73. The number of fused-ring (bicyclic) bond motifs is 1. The van der Waals surface area contributed by atoms with Gasteiger partial charge in [0.05, 0.1) is 12.6 Å². The van der Waals surface area contributed by atoms with Gasteiger partial charge in [-0.2, -0.15) is 0 Å². The highest BCUT2D eigenvalue weighted by molar-refractivity contribution is 5.87. The zero-order valence-electron chi connectivity index (χ0n) is 11.9. The maximum Gasteiger partial charge on any atom is 0.120 e. The SMILES string of the molecule is CNCc1c(C(C)C)c2ccc(OC)cc2n1C. The standard InChI is InChI=1S/C15H22N2O/c1-10(2)15-12-7-6-11(18-5)8-13(12)17(4)14(15)9-16-3/h6-8,10,16H,9H2,1-5H3. The summed E-state index contributed by atoms with van der Waals surface area (Å²) in [7, 11) is 5.82. The number of rotatable bonds is 4. The number of hydrogen-bond donors (Lipinski definition) is 1. The molecule has 1 heterocycles. The van der Waals surface area contributed by atoms with Crippen molar-refractivity contribution < 1.29 is 4.74 Å². The number of hydrogen-bond acceptors (Lipinski definition) is 2. The molecule has 0 unspecified atom stereocenters. The predicted molar refractivity (Wildman–Crippen MR) is 76.3 cm³/mol. The maximum atomic E-state index is 5.32. The van der Waals surface area contributed by atoms with Crippen molar-refractivity contribution in [2.24, 2.45) is 7.05 Å². The summed E-state index contributed by atoms with van der Waals surface area (Å²) in [6.07, 6.45) is 0. The third-order valence-electron chi connectivity index (χ3n) is 3.49. The molecule has 0 bridgehead atoms. The molecular weight excluding hydrogens is 224 g/mol. The van der Waals surface area contributed by atoms with Gasteiger partial charge in [0.1, 0.15) is 5.75 Å². The van der Waals surface area contributed by atoms with E-state index in [2.05, 4.69) is 42.9 Å². The fourth-order valence-electron chi connectivity index (χ4n) is 2.65. The van der Waals surface area contributed by atoms with E-state index in [1.165, 1.54) is 22.2 Å². The molecule has 0 saturated carbocycles. The van der Waals surface area contributed by atoms with Gasteiger partial charge in [-0.3, -0.25) is 0 Å². The quantitative estimate of drug-likeness (QED) is 0.897. The van der Waals surface area contributed by atoms with E-state index in [0.29, 0.717) is 5.92 Å². The number of methoxy groups -OCH3 is 1. The molecule has 1 aromatic heterocycles. The summed E-state index contributed by atoms with van der Waals surface area (Å²) >= 11 is 0. The monoisotopic (exact) mass is 246 g/mol. The van der Waals surface area contributed by atoms with Crippen molar-refractivity contribution in [3.8, 4) is 5.75 Å². The van der Waals surface area contributed by atoms with Crippen LogP contribution in [0.25, 0.3) is 10.9 Å². The maximum absolute atomic E-state index is 5.32. The van der Waals surface area contributed by atoms with E-state index < -0.39 is 0 Å². The highest BCUT2D eigenvalue weighted by Gasteiger charge is 2.17. The lowest BCUT2D eigenvalue weighted by molar-refractivity contribution is 0.415. The Kier molecular flexibility index (Phi) is 3.62. The molecular formula is C15H22N2O. The van der Waals surface area contributed by atoms with Crippen molar-refractivity contribution in [3.63, 3.8) is 0 Å². The van der Waals surface area contributed by atoms with Crippen LogP contribution in [0.1, 0.15) is 31.0 Å². The van der Waals surface area contributed by atoms with Gasteiger partial charge in [-0.05, 0) is 30.7 Å². The zero-order chi connectivity index (χ0) is 13.3. The van der Waals surface area contributed by atoms with Gasteiger partial charge in [-0.1, -0.05) is 13.8 Å². The van der Waals surface area contributed by atoms with E-state index in [1.54, 1.807) is 7.11 Å². The number of benzene rings is 1. The topological polar surface area (TPSA) is 26.2 Å². The van der Waals surface area contributed by atoms with Crippen molar-refractivity contribution in [1.82, 2.24) is 9.88 Å². The van der Waals surface area contributed by atoms with Gasteiger partial charge in [-0.15, -0.1) is 0 Å². The van der Waals surface area contributed by atoms with Gasteiger partial charge >= 0.3 is 0 Å². The molecule has 98 valence electrons. The molecule has 18 heavy (non-hydrogen) atoms. The van der Waals surface area contributed by atoms with Crippen LogP contribution >= 0.6 is 0 Å². The molecule has 1 aromatic carbocycles. The summed E-state index contributed by atoms with van der Waals surface area (Å²) in [6.45, 7) is 5.39. The molecule has 1 N–H and O–H groups in total. The first-order chi connectivity index (χ1) is 8.60. The minimum atomic E-state index is 0.519. The molecule has 0 saturated heterocycles. The Bertz CT molecular complexity index is 555. The number of nitrogens with one attached hydrogen (secondary N) is 1. The van der Waals surface area contributed by atoms with E-state index in [1.807, 2.05) is 13.1 Å². The summed E-state index contributed by atoms with van der Waals surface area (Å²) in [5.41, 5.74) is 4.03. The van der Waals surface area contributed by atoms with Gasteiger partial charge in [0.25, 0.3) is 0 Å². The van der Waals surface area contributed by atoms with Crippen LogP contribution in [0.2, 0.25) is 0 Å². The number of ether oxygens (including phenoxy) is 1. The number of nitrogens with zero attached hydrogens (tertiary/aromatic N) is 1. The largest absolute Gasteiger partial charge is 0.497 e. The lowest BCUT2D eigenvalue weighted by atomic mass is 9.99. The lowest BCUT2D eigenvalue weighted by Crippen LogP contribution is -2.11. The van der Waals surface area contributed by atoms with Crippen molar-refractivity contribution in [3.05, 3.63) is 29.5 Å². The molecule has 2 rings (SSSR count). The highest BCUT2D eigenvalue weighted by Crippen LogP contribution is 2.33. The number of aromatic nitrogens is 1. The Morgan fingerprint density at radius 1 is 1.33 bits per heavy atom. The fraction of sp³-hybridized carbons (Fsp3) is 0.467. The normalized spacial score (nSPS) is 11.4. The molecule has 0 radical (unpaired) electrons. The summed E-state index contributed by atoms with van der Waals surface area (Å²) in [5, 5.41) is 4.59. The van der Waals surface area contributed by atoms with Crippen molar-refractivity contribution in [1.29, 1.82) is 0 Å². The average Bonchev–Trinajstić information content (AvgIpc) is 2.63. The summed E-state index contributed by atoms with van der Waals surface area (Å²) in [5.74, 6) is 1.43. The second kappa shape index (κ2) is 5.02. The Morgan fingerprint density at radius 2 is 2.06 bits per heavy atom. The van der Waals surface area contributed by atoms with Crippen LogP contribution in [-0.2, 0) is 13.6 Å². The Hall–Kier alpha value is -1.48. The fourth-order valence-corrected chi connectivity index (χ4v) is 2.65. The highest BCUT2D eigenvalue weighted by atomic mass is 16.5. The van der Waals surface area contributed by atoms with Crippen molar-refractivity contribution in [2.45, 2.75) is 26.3 Å². The van der Waals surface area contributed by atoms with Crippen LogP contribution in [0.15, 0.2) is 18.2 Å². The van der Waals surface area contributed by atoms with Gasteiger partial charge in [0.15, 0.2) is 0 Å².